The summed E-state index contributed by atoms with van der Waals surface area (Å²) in [4.78, 5) is 15.6. The lowest BCUT2D eigenvalue weighted by atomic mass is 9.96. The number of aromatic carboxylic acids is 1. The minimum atomic E-state index is -1.11. The van der Waals surface area contributed by atoms with Crippen LogP contribution in [0, 0.1) is 11.6 Å². The summed E-state index contributed by atoms with van der Waals surface area (Å²) in [5, 5.41) is 9.30. The molecule has 32 heavy (non-hydrogen) atoms. The molecule has 0 bridgehead atoms. The molecule has 4 aromatic rings. The minimum Gasteiger partial charge on any atom is -0.488 e. The summed E-state index contributed by atoms with van der Waals surface area (Å²) >= 11 is 3.47. The van der Waals surface area contributed by atoms with Gasteiger partial charge in [-0.15, -0.1) is 0 Å². The Morgan fingerprint density at radius 3 is 2.44 bits per heavy atom. The second-order valence-corrected chi connectivity index (χ2v) is 7.84. The van der Waals surface area contributed by atoms with Crippen LogP contribution in [0.3, 0.4) is 0 Å². The molecule has 1 N–H and O–H groups in total. The third-order valence-corrected chi connectivity index (χ3v) is 5.29. The highest BCUT2D eigenvalue weighted by Crippen LogP contribution is 2.38. The van der Waals surface area contributed by atoms with E-state index in [1.807, 2.05) is 30.3 Å². The molecule has 0 aliphatic heterocycles. The molecule has 0 unspecified atom stereocenters. The maximum atomic E-state index is 14.0. The van der Waals surface area contributed by atoms with Crippen molar-refractivity contribution in [3.05, 3.63) is 106 Å². The molecule has 3 aromatic carbocycles. The van der Waals surface area contributed by atoms with Crippen LogP contribution in [0.25, 0.3) is 22.4 Å². The number of ether oxygens (including phenoxy) is 1. The molecule has 0 fully saturated rings. The van der Waals surface area contributed by atoms with Gasteiger partial charge in [0.2, 0.25) is 0 Å². The van der Waals surface area contributed by atoms with Gasteiger partial charge < -0.3 is 9.84 Å². The van der Waals surface area contributed by atoms with Crippen LogP contribution in [-0.2, 0) is 6.61 Å². The van der Waals surface area contributed by atoms with Gasteiger partial charge in [-0.05, 0) is 48.0 Å². The summed E-state index contributed by atoms with van der Waals surface area (Å²) in [5.41, 5.74) is 2.85. The number of nitrogens with zero attached hydrogens (tertiary/aromatic N) is 1. The van der Waals surface area contributed by atoms with E-state index in [-0.39, 0.29) is 17.9 Å². The smallest absolute Gasteiger partial charge is 0.354 e. The number of carboxylic acid groups (broad SMARTS) is 1. The first-order valence-corrected chi connectivity index (χ1v) is 10.4. The van der Waals surface area contributed by atoms with Crippen molar-refractivity contribution in [1.82, 2.24) is 4.98 Å². The average Bonchev–Trinajstić information content (AvgIpc) is 2.79. The molecule has 4 nitrogen and oxygen atoms in total. The number of hydrogen-bond acceptors (Lipinski definition) is 3. The van der Waals surface area contributed by atoms with E-state index in [0.29, 0.717) is 22.6 Å². The van der Waals surface area contributed by atoms with Crippen molar-refractivity contribution in [3.8, 4) is 28.1 Å². The lowest BCUT2D eigenvalue weighted by molar-refractivity contribution is 0.0690. The van der Waals surface area contributed by atoms with Crippen LogP contribution < -0.4 is 4.74 Å². The molecule has 1 heterocycles. The van der Waals surface area contributed by atoms with E-state index in [2.05, 4.69) is 20.9 Å². The molecule has 0 aliphatic rings. The van der Waals surface area contributed by atoms with Crippen molar-refractivity contribution in [2.24, 2.45) is 0 Å². The summed E-state index contributed by atoms with van der Waals surface area (Å²) < 4.78 is 34.0. The molecular weight excluding hydrogens is 480 g/mol. The zero-order valence-corrected chi connectivity index (χ0v) is 18.1. The number of aromatic nitrogens is 1. The molecule has 160 valence electrons. The Balaban J connectivity index is 1.75. The van der Waals surface area contributed by atoms with Crippen LogP contribution in [0.4, 0.5) is 8.78 Å². The number of rotatable bonds is 6. The van der Waals surface area contributed by atoms with Gasteiger partial charge in [-0.3, -0.25) is 0 Å². The minimum absolute atomic E-state index is 0.0604. The van der Waals surface area contributed by atoms with E-state index in [1.54, 1.807) is 24.3 Å². The zero-order valence-electron chi connectivity index (χ0n) is 16.6. The van der Waals surface area contributed by atoms with E-state index in [1.165, 1.54) is 18.2 Å². The predicted octanol–water partition coefficient (Wildman–Crippen LogP) is 6.73. The molecule has 0 spiro atoms. The van der Waals surface area contributed by atoms with Gasteiger partial charge in [0.1, 0.15) is 29.7 Å². The average molecular weight is 496 g/mol. The Labute approximate surface area is 191 Å². The predicted molar refractivity (Wildman–Crippen MR) is 120 cm³/mol. The van der Waals surface area contributed by atoms with Gasteiger partial charge in [0.25, 0.3) is 0 Å². The van der Waals surface area contributed by atoms with Crippen LogP contribution in [0.1, 0.15) is 16.1 Å². The number of benzene rings is 3. The Kier molecular flexibility index (Phi) is 6.28. The normalized spacial score (nSPS) is 10.7. The maximum absolute atomic E-state index is 14.0. The molecule has 4 rings (SSSR count). The van der Waals surface area contributed by atoms with Gasteiger partial charge in [0, 0.05) is 27.2 Å². The number of halogens is 3. The number of carboxylic acids is 1. The van der Waals surface area contributed by atoms with Gasteiger partial charge in [-0.2, -0.15) is 0 Å². The highest BCUT2D eigenvalue weighted by molar-refractivity contribution is 9.10. The van der Waals surface area contributed by atoms with Crippen LogP contribution in [-0.4, -0.2) is 16.1 Å². The zero-order chi connectivity index (χ0) is 22.7. The van der Waals surface area contributed by atoms with Gasteiger partial charge in [-0.1, -0.05) is 46.3 Å². The highest BCUT2D eigenvalue weighted by atomic mass is 79.9. The first-order chi connectivity index (χ1) is 15.4. The van der Waals surface area contributed by atoms with Crippen LogP contribution in [0.2, 0.25) is 0 Å². The molecule has 0 amide bonds. The van der Waals surface area contributed by atoms with Crippen molar-refractivity contribution >= 4 is 21.9 Å². The summed E-state index contributed by atoms with van der Waals surface area (Å²) in [6.07, 6.45) is 0. The first kappa shape index (κ1) is 21.6. The van der Waals surface area contributed by atoms with Gasteiger partial charge in [0.15, 0.2) is 0 Å². The van der Waals surface area contributed by atoms with Crippen molar-refractivity contribution in [2.75, 3.05) is 0 Å². The Morgan fingerprint density at radius 1 is 0.906 bits per heavy atom. The quantitative estimate of drug-likeness (QED) is 0.322. The van der Waals surface area contributed by atoms with Crippen molar-refractivity contribution in [1.29, 1.82) is 0 Å². The maximum Gasteiger partial charge on any atom is 0.354 e. The molecule has 0 radical (unpaired) electrons. The monoisotopic (exact) mass is 495 g/mol. The first-order valence-electron chi connectivity index (χ1n) is 9.59. The molecule has 0 aliphatic carbocycles. The van der Waals surface area contributed by atoms with Crippen molar-refractivity contribution in [2.45, 2.75) is 6.61 Å². The second-order valence-electron chi connectivity index (χ2n) is 6.92. The fraction of sp³-hybridized carbons (Fsp3) is 0.0400. The van der Waals surface area contributed by atoms with E-state index >= 15 is 0 Å². The van der Waals surface area contributed by atoms with Gasteiger partial charge >= 0.3 is 5.97 Å². The van der Waals surface area contributed by atoms with Crippen molar-refractivity contribution < 1.29 is 23.4 Å². The number of pyridine rings is 1. The molecule has 7 heteroatoms. The second kappa shape index (κ2) is 9.28. The van der Waals surface area contributed by atoms with E-state index in [0.717, 1.165) is 16.1 Å². The van der Waals surface area contributed by atoms with Crippen molar-refractivity contribution in [3.63, 3.8) is 0 Å². The fourth-order valence-electron chi connectivity index (χ4n) is 3.28. The highest BCUT2D eigenvalue weighted by Gasteiger charge is 2.15. The Bertz CT molecular complexity index is 1310. The van der Waals surface area contributed by atoms with Crippen LogP contribution in [0.5, 0.6) is 5.75 Å². The topological polar surface area (TPSA) is 59.4 Å². The van der Waals surface area contributed by atoms with E-state index < -0.39 is 17.6 Å². The lowest BCUT2D eigenvalue weighted by Crippen LogP contribution is -2.02. The molecule has 1 aromatic heterocycles. The van der Waals surface area contributed by atoms with E-state index in [9.17, 15) is 18.7 Å². The summed E-state index contributed by atoms with van der Waals surface area (Å²) in [7, 11) is 0. The molecule has 0 atom stereocenters. The standard InChI is InChI=1S/C25H16BrF2NO3/c26-16-9-11-24(32-14-15-8-10-17(27)13-21(15)28)20(12-16)18-4-1-2-5-19(18)22-6-3-7-23(29-22)25(30)31/h1-13H,14H2,(H,30,31). The molecule has 0 saturated heterocycles. The fourth-order valence-corrected chi connectivity index (χ4v) is 3.64. The van der Waals surface area contributed by atoms with E-state index in [4.69, 9.17) is 4.74 Å². The SMILES string of the molecule is O=C(O)c1cccc(-c2ccccc2-c2cc(Br)ccc2OCc2ccc(F)cc2F)n1. The lowest BCUT2D eigenvalue weighted by Gasteiger charge is -2.16. The summed E-state index contributed by atoms with van der Waals surface area (Å²) in [6.45, 7) is -0.0876. The van der Waals surface area contributed by atoms with Crippen LogP contribution in [0.15, 0.2) is 83.3 Å². The molecule has 0 saturated carbocycles. The molecular formula is C25H16BrF2NO3. The van der Waals surface area contributed by atoms with Crippen LogP contribution >= 0.6 is 15.9 Å². The Morgan fingerprint density at radius 2 is 1.69 bits per heavy atom. The largest absolute Gasteiger partial charge is 0.488 e. The Hall–Kier alpha value is -3.58. The number of hydrogen-bond donors (Lipinski definition) is 1. The summed E-state index contributed by atoms with van der Waals surface area (Å²) in [5.74, 6) is -1.96. The van der Waals surface area contributed by atoms with Gasteiger partial charge in [-0.25, -0.2) is 18.6 Å². The van der Waals surface area contributed by atoms with Gasteiger partial charge in [0.05, 0.1) is 5.69 Å². The third kappa shape index (κ3) is 4.68. The third-order valence-electron chi connectivity index (χ3n) is 4.80. The summed E-state index contributed by atoms with van der Waals surface area (Å²) in [6, 6.07) is 20.9. The number of carbonyl (C=O) groups is 1.